The van der Waals surface area contributed by atoms with Crippen LogP contribution in [0.5, 0.6) is 0 Å². The van der Waals surface area contributed by atoms with Crippen LogP contribution >= 0.6 is 11.6 Å². The molecule has 20 heavy (non-hydrogen) atoms. The van der Waals surface area contributed by atoms with Crippen molar-refractivity contribution in [2.75, 3.05) is 26.2 Å². The highest BCUT2D eigenvalue weighted by atomic mass is 35.5. The smallest absolute Gasteiger partial charge is 0.248 e. The van der Waals surface area contributed by atoms with Crippen LogP contribution in [0.15, 0.2) is 4.90 Å². The number of halogens is 1. The van der Waals surface area contributed by atoms with Gasteiger partial charge in [-0.25, -0.2) is 8.42 Å². The zero-order chi connectivity index (χ0) is 15.1. The molecular weight excluding hydrogens is 304 g/mol. The van der Waals surface area contributed by atoms with Crippen molar-refractivity contribution in [2.24, 2.45) is 7.05 Å². The second kappa shape index (κ2) is 5.34. The molecule has 1 amide bonds. The molecule has 1 aliphatic heterocycles. The van der Waals surface area contributed by atoms with E-state index in [4.69, 9.17) is 11.6 Å². The van der Waals surface area contributed by atoms with E-state index >= 15 is 0 Å². The summed E-state index contributed by atoms with van der Waals surface area (Å²) in [6.07, 6.45) is 0. The van der Waals surface area contributed by atoms with E-state index in [1.165, 1.54) is 15.9 Å². The van der Waals surface area contributed by atoms with Crippen LogP contribution in [0, 0.1) is 6.92 Å². The molecular formula is C11H17ClN4O3S. The van der Waals surface area contributed by atoms with E-state index in [1.54, 1.807) is 18.9 Å². The Morgan fingerprint density at radius 3 is 2.20 bits per heavy atom. The largest absolute Gasteiger partial charge is 0.340 e. The van der Waals surface area contributed by atoms with Crippen molar-refractivity contribution < 1.29 is 13.2 Å². The van der Waals surface area contributed by atoms with Gasteiger partial charge in [0, 0.05) is 40.2 Å². The summed E-state index contributed by atoms with van der Waals surface area (Å²) in [7, 11) is -2.07. The van der Waals surface area contributed by atoms with Gasteiger partial charge in [0.1, 0.15) is 10.0 Å². The predicted octanol–water partition coefficient (Wildman–Crippen LogP) is 0.235. The van der Waals surface area contributed by atoms with Crippen LogP contribution in [0.2, 0.25) is 5.15 Å². The molecule has 1 aliphatic rings. The molecule has 0 radical (unpaired) electrons. The quantitative estimate of drug-likeness (QED) is 0.782. The fourth-order valence-corrected chi connectivity index (χ4v) is 4.40. The van der Waals surface area contributed by atoms with E-state index in [-0.39, 0.29) is 29.0 Å². The number of nitrogens with zero attached hydrogens (tertiary/aromatic N) is 4. The van der Waals surface area contributed by atoms with Crippen molar-refractivity contribution in [3.05, 3.63) is 10.8 Å². The Bertz CT molecular complexity index is 632. The Hall–Kier alpha value is -1.12. The van der Waals surface area contributed by atoms with Gasteiger partial charge in [0.05, 0.1) is 5.69 Å². The molecule has 0 bridgehead atoms. The van der Waals surface area contributed by atoms with E-state index in [9.17, 15) is 13.2 Å². The molecule has 0 unspecified atom stereocenters. The third kappa shape index (κ3) is 2.55. The van der Waals surface area contributed by atoms with Gasteiger partial charge in [0.15, 0.2) is 0 Å². The number of amides is 1. The first-order valence-corrected chi connectivity index (χ1v) is 8.01. The van der Waals surface area contributed by atoms with Crippen LogP contribution in [0.1, 0.15) is 12.6 Å². The van der Waals surface area contributed by atoms with Crippen molar-refractivity contribution >= 4 is 27.5 Å². The molecule has 0 aliphatic carbocycles. The highest BCUT2D eigenvalue weighted by molar-refractivity contribution is 7.89. The van der Waals surface area contributed by atoms with Gasteiger partial charge in [-0.05, 0) is 6.92 Å². The minimum atomic E-state index is -3.67. The summed E-state index contributed by atoms with van der Waals surface area (Å²) in [5.74, 6) is -0.0439. The van der Waals surface area contributed by atoms with Crippen LogP contribution < -0.4 is 0 Å². The lowest BCUT2D eigenvalue weighted by Gasteiger charge is -2.33. The maximum Gasteiger partial charge on any atom is 0.248 e. The number of carbonyl (C=O) groups is 1. The number of aryl methyl sites for hydroxylation is 2. The van der Waals surface area contributed by atoms with E-state index in [2.05, 4.69) is 5.10 Å². The molecule has 0 spiro atoms. The second-order valence-corrected chi connectivity index (χ2v) is 6.97. The monoisotopic (exact) mass is 320 g/mol. The molecule has 7 nitrogen and oxygen atoms in total. The maximum absolute atomic E-state index is 12.6. The lowest BCUT2D eigenvalue weighted by Crippen LogP contribution is -2.50. The van der Waals surface area contributed by atoms with Crippen LogP contribution in [-0.2, 0) is 21.9 Å². The topological polar surface area (TPSA) is 75.5 Å². The summed E-state index contributed by atoms with van der Waals surface area (Å²) in [6, 6.07) is 0. The van der Waals surface area contributed by atoms with Gasteiger partial charge < -0.3 is 4.90 Å². The highest BCUT2D eigenvalue weighted by Gasteiger charge is 2.33. The van der Waals surface area contributed by atoms with Gasteiger partial charge in [-0.2, -0.15) is 9.40 Å². The van der Waals surface area contributed by atoms with Gasteiger partial charge in [0.2, 0.25) is 15.9 Å². The maximum atomic E-state index is 12.6. The number of sulfonamides is 1. The Morgan fingerprint density at radius 1 is 1.25 bits per heavy atom. The third-order valence-corrected chi connectivity index (χ3v) is 5.98. The Balaban J connectivity index is 2.26. The Kier molecular flexibility index (Phi) is 4.08. The first-order chi connectivity index (χ1) is 9.25. The molecule has 1 aromatic rings. The van der Waals surface area contributed by atoms with Gasteiger partial charge in [-0.15, -0.1) is 0 Å². The van der Waals surface area contributed by atoms with Gasteiger partial charge in [0.25, 0.3) is 0 Å². The second-order valence-electron chi connectivity index (χ2n) is 4.74. The fourth-order valence-electron chi connectivity index (χ4n) is 2.28. The molecule has 2 heterocycles. The summed E-state index contributed by atoms with van der Waals surface area (Å²) in [5, 5.41) is 4.14. The van der Waals surface area contributed by atoms with E-state index in [0.717, 1.165) is 0 Å². The van der Waals surface area contributed by atoms with E-state index in [1.807, 2.05) is 0 Å². The minimum absolute atomic E-state index is 0.0439. The summed E-state index contributed by atoms with van der Waals surface area (Å²) >= 11 is 6.03. The van der Waals surface area contributed by atoms with Crippen molar-refractivity contribution in [3.8, 4) is 0 Å². The molecule has 9 heteroatoms. The molecule has 1 fully saturated rings. The van der Waals surface area contributed by atoms with Gasteiger partial charge in [-0.3, -0.25) is 9.48 Å². The normalized spacial score (nSPS) is 17.5. The summed E-state index contributed by atoms with van der Waals surface area (Å²) < 4.78 is 27.9. The molecule has 1 aromatic heterocycles. The number of hydrogen-bond donors (Lipinski definition) is 0. The standard InChI is InChI=1S/C11H17ClN4O3S/c1-8-10(11(12)14(3)13-8)20(18,19)16-6-4-15(5-7-16)9(2)17/h4-7H2,1-3H3. The number of rotatable bonds is 2. The summed E-state index contributed by atoms with van der Waals surface area (Å²) in [4.78, 5) is 12.9. The minimum Gasteiger partial charge on any atom is -0.340 e. The van der Waals surface area contributed by atoms with Crippen LogP contribution in [0.3, 0.4) is 0 Å². The van der Waals surface area contributed by atoms with E-state index in [0.29, 0.717) is 18.8 Å². The first kappa shape index (κ1) is 15.3. The first-order valence-electron chi connectivity index (χ1n) is 6.20. The highest BCUT2D eigenvalue weighted by Crippen LogP contribution is 2.27. The molecule has 0 saturated carbocycles. The van der Waals surface area contributed by atoms with Crippen LogP contribution in [0.25, 0.3) is 0 Å². The van der Waals surface area contributed by atoms with Crippen molar-refractivity contribution in [2.45, 2.75) is 18.7 Å². The number of aromatic nitrogens is 2. The van der Waals surface area contributed by atoms with Crippen LogP contribution in [-0.4, -0.2) is 59.5 Å². The van der Waals surface area contributed by atoms with Crippen molar-refractivity contribution in [1.82, 2.24) is 19.0 Å². The Morgan fingerprint density at radius 2 is 1.80 bits per heavy atom. The van der Waals surface area contributed by atoms with Crippen molar-refractivity contribution in [3.63, 3.8) is 0 Å². The lowest BCUT2D eigenvalue weighted by molar-refractivity contribution is -0.129. The Labute approximate surface area is 123 Å². The number of carbonyl (C=O) groups excluding carboxylic acids is 1. The summed E-state index contributed by atoms with van der Waals surface area (Å²) in [6.45, 7) is 4.42. The molecule has 112 valence electrons. The fraction of sp³-hybridized carbons (Fsp3) is 0.636. The molecule has 0 N–H and O–H groups in total. The zero-order valence-corrected chi connectivity index (χ0v) is 13.2. The van der Waals surface area contributed by atoms with Crippen LogP contribution in [0.4, 0.5) is 0 Å². The molecule has 1 saturated heterocycles. The summed E-state index contributed by atoms with van der Waals surface area (Å²) in [5.41, 5.74) is 0.381. The number of hydrogen-bond acceptors (Lipinski definition) is 4. The average Bonchev–Trinajstić information content (AvgIpc) is 2.63. The SMILES string of the molecule is CC(=O)N1CCN(S(=O)(=O)c2c(C)nn(C)c2Cl)CC1. The predicted molar refractivity (Wildman–Crippen MR) is 74.0 cm³/mol. The van der Waals surface area contributed by atoms with Gasteiger partial charge in [-0.1, -0.05) is 11.6 Å². The molecule has 0 aromatic carbocycles. The molecule has 0 atom stereocenters. The third-order valence-electron chi connectivity index (χ3n) is 3.38. The zero-order valence-electron chi connectivity index (χ0n) is 11.6. The number of piperazine rings is 1. The lowest BCUT2D eigenvalue weighted by atomic mass is 10.3. The van der Waals surface area contributed by atoms with Crippen molar-refractivity contribution in [1.29, 1.82) is 0 Å². The molecule has 2 rings (SSSR count). The average molecular weight is 321 g/mol. The van der Waals surface area contributed by atoms with E-state index < -0.39 is 10.0 Å². The van der Waals surface area contributed by atoms with Gasteiger partial charge >= 0.3 is 0 Å².